The first kappa shape index (κ1) is 13.7. The van der Waals surface area contributed by atoms with Gasteiger partial charge in [0.15, 0.2) is 5.82 Å². The van der Waals surface area contributed by atoms with Crippen molar-refractivity contribution < 1.29 is 4.79 Å². The molecule has 2 aromatic rings. The fourth-order valence-electron chi connectivity index (χ4n) is 3.22. The SMILES string of the molecule is NC(=O)C1(Cc2cccc(-c3ncccn3)c2)CCCC1. The number of nitrogens with zero attached hydrogens (tertiary/aromatic N) is 2. The summed E-state index contributed by atoms with van der Waals surface area (Å²) in [5.74, 6) is 0.542. The zero-order valence-corrected chi connectivity index (χ0v) is 12.0. The maximum atomic E-state index is 11.9. The molecule has 1 aliphatic rings. The van der Waals surface area contributed by atoms with Crippen molar-refractivity contribution in [3.63, 3.8) is 0 Å². The lowest BCUT2D eigenvalue weighted by molar-refractivity contribution is -0.127. The number of hydrogen-bond donors (Lipinski definition) is 1. The summed E-state index contributed by atoms with van der Waals surface area (Å²) in [6.07, 6.45) is 8.15. The van der Waals surface area contributed by atoms with Crippen LogP contribution in [-0.2, 0) is 11.2 Å². The Balaban J connectivity index is 1.88. The monoisotopic (exact) mass is 281 g/mol. The third-order valence-corrected chi connectivity index (χ3v) is 4.38. The zero-order valence-electron chi connectivity index (χ0n) is 12.0. The van der Waals surface area contributed by atoms with E-state index in [1.165, 1.54) is 0 Å². The third-order valence-electron chi connectivity index (χ3n) is 4.38. The average Bonchev–Trinajstić information content (AvgIpc) is 2.98. The van der Waals surface area contributed by atoms with Crippen molar-refractivity contribution in [2.45, 2.75) is 32.1 Å². The minimum absolute atomic E-state index is 0.165. The molecule has 1 heterocycles. The molecule has 1 fully saturated rings. The molecular formula is C17H19N3O. The summed E-state index contributed by atoms with van der Waals surface area (Å²) in [6.45, 7) is 0. The van der Waals surface area contributed by atoms with Crippen molar-refractivity contribution in [3.05, 3.63) is 48.3 Å². The summed E-state index contributed by atoms with van der Waals surface area (Å²) >= 11 is 0. The van der Waals surface area contributed by atoms with Crippen molar-refractivity contribution in [2.24, 2.45) is 11.1 Å². The largest absolute Gasteiger partial charge is 0.369 e. The van der Waals surface area contributed by atoms with Crippen LogP contribution in [0.3, 0.4) is 0 Å². The van der Waals surface area contributed by atoms with Crippen molar-refractivity contribution in [1.82, 2.24) is 9.97 Å². The molecule has 4 nitrogen and oxygen atoms in total. The highest BCUT2D eigenvalue weighted by atomic mass is 16.1. The molecule has 1 amide bonds. The van der Waals surface area contributed by atoms with E-state index in [9.17, 15) is 4.79 Å². The van der Waals surface area contributed by atoms with Crippen LogP contribution in [0.15, 0.2) is 42.7 Å². The Morgan fingerprint density at radius 1 is 1.14 bits per heavy atom. The molecule has 1 aliphatic carbocycles. The summed E-state index contributed by atoms with van der Waals surface area (Å²) in [5, 5.41) is 0. The van der Waals surface area contributed by atoms with E-state index >= 15 is 0 Å². The van der Waals surface area contributed by atoms with E-state index < -0.39 is 0 Å². The summed E-state index contributed by atoms with van der Waals surface area (Å²) in [5.41, 5.74) is 7.40. The summed E-state index contributed by atoms with van der Waals surface area (Å²) in [7, 11) is 0. The molecule has 0 bridgehead atoms. The number of hydrogen-bond acceptors (Lipinski definition) is 3. The highest BCUT2D eigenvalue weighted by Gasteiger charge is 2.39. The van der Waals surface area contributed by atoms with Gasteiger partial charge in [-0.1, -0.05) is 31.0 Å². The first-order chi connectivity index (χ1) is 10.2. The topological polar surface area (TPSA) is 68.9 Å². The predicted molar refractivity (Wildman–Crippen MR) is 81.3 cm³/mol. The van der Waals surface area contributed by atoms with Gasteiger partial charge in [0, 0.05) is 18.0 Å². The van der Waals surface area contributed by atoms with E-state index in [0.717, 1.165) is 36.8 Å². The maximum Gasteiger partial charge on any atom is 0.223 e. The van der Waals surface area contributed by atoms with Crippen molar-refractivity contribution >= 4 is 5.91 Å². The van der Waals surface area contributed by atoms with Gasteiger partial charge >= 0.3 is 0 Å². The van der Waals surface area contributed by atoms with Gasteiger partial charge in [-0.15, -0.1) is 0 Å². The summed E-state index contributed by atoms with van der Waals surface area (Å²) < 4.78 is 0. The molecular weight excluding hydrogens is 262 g/mol. The lowest BCUT2D eigenvalue weighted by atomic mass is 9.79. The number of amides is 1. The molecule has 0 saturated heterocycles. The van der Waals surface area contributed by atoms with Crippen LogP contribution < -0.4 is 5.73 Å². The lowest BCUT2D eigenvalue weighted by Gasteiger charge is -2.25. The Morgan fingerprint density at radius 3 is 2.52 bits per heavy atom. The number of primary amides is 1. The maximum absolute atomic E-state index is 11.9. The van der Waals surface area contributed by atoms with E-state index in [0.29, 0.717) is 12.2 Å². The van der Waals surface area contributed by atoms with Gasteiger partial charge < -0.3 is 5.73 Å². The molecule has 0 atom stereocenters. The first-order valence-electron chi connectivity index (χ1n) is 7.36. The molecule has 108 valence electrons. The summed E-state index contributed by atoms with van der Waals surface area (Å²) in [6, 6.07) is 9.90. The molecule has 0 spiro atoms. The molecule has 4 heteroatoms. The van der Waals surface area contributed by atoms with Crippen molar-refractivity contribution in [1.29, 1.82) is 0 Å². The summed E-state index contributed by atoms with van der Waals surface area (Å²) in [4.78, 5) is 20.4. The molecule has 1 aromatic carbocycles. The second-order valence-corrected chi connectivity index (χ2v) is 5.80. The smallest absolute Gasteiger partial charge is 0.223 e. The van der Waals surface area contributed by atoms with Crippen LogP contribution in [0.5, 0.6) is 0 Å². The van der Waals surface area contributed by atoms with Gasteiger partial charge in [0.2, 0.25) is 5.91 Å². The van der Waals surface area contributed by atoms with Gasteiger partial charge in [0.1, 0.15) is 0 Å². The zero-order chi connectivity index (χ0) is 14.7. The van der Waals surface area contributed by atoms with Gasteiger partial charge in [0.05, 0.1) is 5.41 Å². The van der Waals surface area contributed by atoms with Crippen LogP contribution in [0.2, 0.25) is 0 Å². The van der Waals surface area contributed by atoms with Gasteiger partial charge in [0.25, 0.3) is 0 Å². The van der Waals surface area contributed by atoms with Gasteiger partial charge in [-0.2, -0.15) is 0 Å². The minimum atomic E-state index is -0.365. The van der Waals surface area contributed by atoms with Crippen LogP contribution in [-0.4, -0.2) is 15.9 Å². The molecule has 3 rings (SSSR count). The third kappa shape index (κ3) is 2.79. The predicted octanol–water partition coefficient (Wildman–Crippen LogP) is 2.73. The highest BCUT2D eigenvalue weighted by Crippen LogP contribution is 2.41. The molecule has 1 aromatic heterocycles. The van der Waals surface area contributed by atoms with E-state index in [-0.39, 0.29) is 11.3 Å². The number of carbonyl (C=O) groups is 1. The number of aromatic nitrogens is 2. The molecule has 0 radical (unpaired) electrons. The number of nitrogens with two attached hydrogens (primary N) is 1. The highest BCUT2D eigenvalue weighted by molar-refractivity contribution is 5.81. The first-order valence-corrected chi connectivity index (χ1v) is 7.36. The fourth-order valence-corrected chi connectivity index (χ4v) is 3.22. The number of benzene rings is 1. The Kier molecular flexibility index (Phi) is 3.69. The molecule has 1 saturated carbocycles. The quantitative estimate of drug-likeness (QED) is 0.936. The van der Waals surface area contributed by atoms with E-state index in [4.69, 9.17) is 5.73 Å². The van der Waals surface area contributed by atoms with Crippen LogP contribution >= 0.6 is 0 Å². The van der Waals surface area contributed by atoms with Crippen LogP contribution in [0.1, 0.15) is 31.2 Å². The average molecular weight is 281 g/mol. The van der Waals surface area contributed by atoms with E-state index in [1.807, 2.05) is 12.1 Å². The molecule has 2 N–H and O–H groups in total. The minimum Gasteiger partial charge on any atom is -0.369 e. The van der Waals surface area contributed by atoms with E-state index in [1.54, 1.807) is 18.5 Å². The Hall–Kier alpha value is -2.23. The Labute approximate surface area is 124 Å². The molecule has 21 heavy (non-hydrogen) atoms. The molecule has 0 unspecified atom stereocenters. The van der Waals surface area contributed by atoms with Crippen LogP contribution in [0.4, 0.5) is 0 Å². The standard InChI is InChI=1S/C17H19N3O/c18-16(21)17(7-1-2-8-17)12-13-5-3-6-14(11-13)15-19-9-4-10-20-15/h3-6,9-11H,1-2,7-8,12H2,(H2,18,21). The normalized spacial score (nSPS) is 16.8. The second kappa shape index (κ2) is 5.64. The van der Waals surface area contributed by atoms with Crippen molar-refractivity contribution in [2.75, 3.05) is 0 Å². The van der Waals surface area contributed by atoms with Crippen molar-refractivity contribution in [3.8, 4) is 11.4 Å². The molecule has 0 aliphatic heterocycles. The van der Waals surface area contributed by atoms with Gasteiger partial charge in [-0.3, -0.25) is 4.79 Å². The van der Waals surface area contributed by atoms with Gasteiger partial charge in [-0.25, -0.2) is 9.97 Å². The van der Waals surface area contributed by atoms with Crippen LogP contribution in [0, 0.1) is 5.41 Å². The fraction of sp³-hybridized carbons (Fsp3) is 0.353. The number of carbonyl (C=O) groups excluding carboxylic acids is 1. The van der Waals surface area contributed by atoms with E-state index in [2.05, 4.69) is 22.1 Å². The lowest BCUT2D eigenvalue weighted by Crippen LogP contribution is -2.36. The number of rotatable bonds is 4. The second-order valence-electron chi connectivity index (χ2n) is 5.80. The Bertz CT molecular complexity index is 633. The Morgan fingerprint density at radius 2 is 1.86 bits per heavy atom. The van der Waals surface area contributed by atoms with Gasteiger partial charge in [-0.05, 0) is 37.0 Å². The van der Waals surface area contributed by atoms with Crippen LogP contribution in [0.25, 0.3) is 11.4 Å².